The zero-order chi connectivity index (χ0) is 18.1. The number of hydrogen-bond acceptors (Lipinski definition) is 4. The molecule has 7 heteroatoms. The maximum absolute atomic E-state index is 12.5. The highest BCUT2D eigenvalue weighted by molar-refractivity contribution is 5.71. The fourth-order valence-corrected chi connectivity index (χ4v) is 3.65. The number of H-pyrrole nitrogens is 1. The quantitative estimate of drug-likeness (QED) is 0.770. The molecule has 1 aromatic carbocycles. The van der Waals surface area contributed by atoms with Crippen molar-refractivity contribution in [2.24, 2.45) is 7.05 Å². The number of fused-ring (bicyclic) bond motifs is 1. The van der Waals surface area contributed by atoms with Crippen LogP contribution >= 0.6 is 0 Å². The number of aromatic nitrogens is 4. The maximum Gasteiger partial charge on any atom is 0.329 e. The van der Waals surface area contributed by atoms with Crippen LogP contribution in [0, 0.1) is 0 Å². The summed E-state index contributed by atoms with van der Waals surface area (Å²) in [4.78, 5) is 34.0. The first kappa shape index (κ1) is 16.8. The van der Waals surface area contributed by atoms with Gasteiger partial charge in [0.05, 0.1) is 6.54 Å². The zero-order valence-corrected chi connectivity index (χ0v) is 14.9. The van der Waals surface area contributed by atoms with Crippen molar-refractivity contribution in [1.82, 2.24) is 24.0 Å². The Labute approximate surface area is 150 Å². The first-order valence-corrected chi connectivity index (χ1v) is 9.08. The van der Waals surface area contributed by atoms with Crippen LogP contribution in [0.25, 0.3) is 11.2 Å². The van der Waals surface area contributed by atoms with Crippen LogP contribution in [0.4, 0.5) is 0 Å². The molecule has 0 radical (unpaired) electrons. The van der Waals surface area contributed by atoms with Crippen LogP contribution in [0.3, 0.4) is 0 Å². The van der Waals surface area contributed by atoms with E-state index in [0.717, 1.165) is 24.5 Å². The highest BCUT2D eigenvalue weighted by atomic mass is 16.2. The number of rotatable bonds is 4. The number of benzene rings is 1. The van der Waals surface area contributed by atoms with E-state index in [2.05, 4.69) is 14.9 Å². The number of nitrogens with one attached hydrogen (secondary N) is 1. The van der Waals surface area contributed by atoms with E-state index in [1.807, 2.05) is 34.9 Å². The van der Waals surface area contributed by atoms with E-state index in [-0.39, 0.29) is 5.56 Å². The molecule has 0 spiro atoms. The largest absolute Gasteiger partial charge is 0.329 e. The molecule has 3 aromatic rings. The van der Waals surface area contributed by atoms with Crippen LogP contribution in [0.5, 0.6) is 0 Å². The van der Waals surface area contributed by atoms with Gasteiger partial charge >= 0.3 is 5.69 Å². The third-order valence-corrected chi connectivity index (χ3v) is 5.08. The third-order valence-electron chi connectivity index (χ3n) is 5.08. The third kappa shape index (κ3) is 3.10. The Morgan fingerprint density at radius 2 is 1.77 bits per heavy atom. The predicted octanol–water partition coefficient (Wildman–Crippen LogP) is 1.46. The Morgan fingerprint density at radius 3 is 2.50 bits per heavy atom. The molecule has 0 atom stereocenters. The van der Waals surface area contributed by atoms with Gasteiger partial charge in [0.15, 0.2) is 11.2 Å². The lowest BCUT2D eigenvalue weighted by molar-refractivity contribution is 0.214. The Kier molecular flexibility index (Phi) is 4.46. The highest BCUT2D eigenvalue weighted by Gasteiger charge is 2.20. The van der Waals surface area contributed by atoms with Gasteiger partial charge in [0.25, 0.3) is 5.56 Å². The summed E-state index contributed by atoms with van der Waals surface area (Å²) >= 11 is 0. The molecule has 3 heterocycles. The molecule has 1 N–H and O–H groups in total. The minimum atomic E-state index is -0.434. The van der Waals surface area contributed by atoms with Gasteiger partial charge in [-0.05, 0) is 31.5 Å². The SMILES string of the molecule is Cn1c(=O)[nH]c(=O)c2c1nc(CN1CCCCC1)n2Cc1ccccc1. The molecular formula is C19H23N5O2. The van der Waals surface area contributed by atoms with E-state index >= 15 is 0 Å². The highest BCUT2D eigenvalue weighted by Crippen LogP contribution is 2.18. The zero-order valence-electron chi connectivity index (χ0n) is 14.9. The van der Waals surface area contributed by atoms with E-state index in [9.17, 15) is 9.59 Å². The number of nitrogens with zero attached hydrogens (tertiary/aromatic N) is 4. The smallest absolute Gasteiger partial charge is 0.317 e. The normalized spacial score (nSPS) is 15.6. The van der Waals surface area contributed by atoms with Crippen molar-refractivity contribution in [2.75, 3.05) is 13.1 Å². The second-order valence-electron chi connectivity index (χ2n) is 6.93. The van der Waals surface area contributed by atoms with Crippen molar-refractivity contribution in [3.05, 3.63) is 62.6 Å². The van der Waals surface area contributed by atoms with E-state index in [1.165, 1.54) is 23.8 Å². The fraction of sp³-hybridized carbons (Fsp3) is 0.421. The average Bonchev–Trinajstić information content (AvgIpc) is 3.00. The maximum atomic E-state index is 12.5. The molecule has 0 bridgehead atoms. The molecule has 1 fully saturated rings. The monoisotopic (exact) mass is 353 g/mol. The molecule has 0 aliphatic carbocycles. The van der Waals surface area contributed by atoms with Gasteiger partial charge in [0, 0.05) is 13.6 Å². The lowest BCUT2D eigenvalue weighted by Crippen LogP contribution is -2.31. The van der Waals surface area contributed by atoms with Gasteiger partial charge in [-0.3, -0.25) is 19.2 Å². The minimum Gasteiger partial charge on any atom is -0.317 e. The van der Waals surface area contributed by atoms with E-state index in [1.54, 1.807) is 7.05 Å². The van der Waals surface area contributed by atoms with Crippen molar-refractivity contribution in [3.8, 4) is 0 Å². The van der Waals surface area contributed by atoms with Gasteiger partial charge in [-0.1, -0.05) is 36.8 Å². The number of piperidine rings is 1. The molecule has 2 aromatic heterocycles. The molecule has 0 amide bonds. The summed E-state index contributed by atoms with van der Waals surface area (Å²) in [5, 5.41) is 0. The van der Waals surface area contributed by atoms with Crippen LogP contribution < -0.4 is 11.2 Å². The lowest BCUT2D eigenvalue weighted by Gasteiger charge is -2.26. The summed E-state index contributed by atoms with van der Waals surface area (Å²) in [7, 11) is 1.64. The Bertz CT molecular complexity index is 1030. The Hall–Kier alpha value is -2.67. The average molecular weight is 353 g/mol. The number of aryl methyl sites for hydroxylation is 1. The van der Waals surface area contributed by atoms with Crippen LogP contribution in [0.15, 0.2) is 39.9 Å². The number of aromatic amines is 1. The molecule has 1 saturated heterocycles. The van der Waals surface area contributed by atoms with Gasteiger partial charge in [-0.15, -0.1) is 0 Å². The minimum absolute atomic E-state index is 0.378. The topological polar surface area (TPSA) is 75.9 Å². The van der Waals surface area contributed by atoms with Crippen molar-refractivity contribution < 1.29 is 0 Å². The number of imidazole rings is 1. The van der Waals surface area contributed by atoms with Crippen molar-refractivity contribution in [2.45, 2.75) is 32.4 Å². The first-order valence-electron chi connectivity index (χ1n) is 9.08. The molecular weight excluding hydrogens is 330 g/mol. The van der Waals surface area contributed by atoms with Crippen molar-refractivity contribution >= 4 is 11.2 Å². The predicted molar refractivity (Wildman–Crippen MR) is 100 cm³/mol. The van der Waals surface area contributed by atoms with Crippen LogP contribution in [-0.4, -0.2) is 37.1 Å². The molecule has 26 heavy (non-hydrogen) atoms. The first-order chi connectivity index (χ1) is 12.6. The standard InChI is InChI=1S/C19H23N5O2/c1-22-17-16(18(25)21-19(22)26)24(12-14-8-4-2-5-9-14)15(20-17)13-23-10-6-3-7-11-23/h2,4-5,8-9H,3,6-7,10-13H2,1H3,(H,21,25,26). The molecule has 1 aliphatic rings. The van der Waals surface area contributed by atoms with Gasteiger partial charge in [0.1, 0.15) is 5.82 Å². The van der Waals surface area contributed by atoms with Crippen LogP contribution in [0.2, 0.25) is 0 Å². The fourth-order valence-electron chi connectivity index (χ4n) is 3.65. The Balaban J connectivity index is 1.84. The molecule has 4 rings (SSSR count). The van der Waals surface area contributed by atoms with Gasteiger partial charge in [-0.2, -0.15) is 0 Å². The molecule has 1 aliphatic heterocycles. The summed E-state index contributed by atoms with van der Waals surface area (Å²) in [5.41, 5.74) is 1.19. The second kappa shape index (κ2) is 6.92. The summed E-state index contributed by atoms with van der Waals surface area (Å²) in [6.45, 7) is 3.34. The summed E-state index contributed by atoms with van der Waals surface area (Å²) in [5.74, 6) is 0.831. The number of likely N-dealkylation sites (tertiary alicyclic amines) is 1. The van der Waals surface area contributed by atoms with Crippen molar-refractivity contribution in [3.63, 3.8) is 0 Å². The summed E-state index contributed by atoms with van der Waals surface area (Å²) in [6.07, 6.45) is 3.65. The molecule has 0 saturated carbocycles. The van der Waals surface area contributed by atoms with Gasteiger partial charge in [-0.25, -0.2) is 9.78 Å². The molecule has 136 valence electrons. The summed E-state index contributed by atoms with van der Waals surface area (Å²) < 4.78 is 3.37. The lowest BCUT2D eigenvalue weighted by atomic mass is 10.1. The van der Waals surface area contributed by atoms with E-state index in [4.69, 9.17) is 0 Å². The second-order valence-corrected chi connectivity index (χ2v) is 6.93. The van der Waals surface area contributed by atoms with Gasteiger partial charge < -0.3 is 4.57 Å². The summed E-state index contributed by atoms with van der Waals surface area (Å²) in [6, 6.07) is 10.0. The molecule has 7 nitrogen and oxygen atoms in total. The van der Waals surface area contributed by atoms with Crippen molar-refractivity contribution in [1.29, 1.82) is 0 Å². The van der Waals surface area contributed by atoms with E-state index in [0.29, 0.717) is 24.3 Å². The molecule has 0 unspecified atom stereocenters. The van der Waals surface area contributed by atoms with Crippen LogP contribution in [-0.2, 0) is 20.1 Å². The van der Waals surface area contributed by atoms with Gasteiger partial charge in [0.2, 0.25) is 0 Å². The van der Waals surface area contributed by atoms with Crippen LogP contribution in [0.1, 0.15) is 30.7 Å². The number of hydrogen-bond donors (Lipinski definition) is 1. The Morgan fingerprint density at radius 1 is 1.04 bits per heavy atom. The van der Waals surface area contributed by atoms with E-state index < -0.39 is 5.69 Å².